The molecule has 0 bridgehead atoms. The first-order valence-corrected chi connectivity index (χ1v) is 23.1. The standard InChI is InChI=1S/C49H54N10O5/c1-3-22-58-47(62)39-27-50-48(54-45(39)59(58)40-15-7-30-17-21-49(63,4-2)44(30)52-40)51-33-8-5-32-28-57(24-19-31(32)26-33)35-11-9-34(10-12-35)56-23-18-29-6-13-37-42(38-14-16-41(60)53-46(38)61)55-64-43(37)36(29)20-25-56/h3,5-8,13,15,26-27,34-35,38,63H,1,4,9-12,14,16-25,28H2,2H3,(H,50,51,54)(H,53,60,61)/t34?,35?,38?,49-/m1/s1. The van der Waals surface area contributed by atoms with Gasteiger partial charge >= 0.3 is 0 Å². The van der Waals surface area contributed by atoms with E-state index in [-0.39, 0.29) is 23.9 Å². The van der Waals surface area contributed by atoms with Crippen LogP contribution in [-0.4, -0.2) is 87.9 Å². The molecule has 15 nitrogen and oxygen atoms in total. The molecule has 1 unspecified atom stereocenters. The highest BCUT2D eigenvalue weighted by Gasteiger charge is 2.38. The highest BCUT2D eigenvalue weighted by atomic mass is 16.5. The zero-order chi connectivity index (χ0) is 43.7. The smallest absolute Gasteiger partial charge is 0.278 e. The minimum absolute atomic E-state index is 0.227. The lowest BCUT2D eigenvalue weighted by atomic mass is 9.87. The number of benzene rings is 2. The van der Waals surface area contributed by atoms with Crippen LogP contribution in [0.4, 0.5) is 11.6 Å². The second-order valence-electron chi connectivity index (χ2n) is 18.5. The maximum absolute atomic E-state index is 13.6. The number of piperidine rings is 1. The fourth-order valence-corrected chi connectivity index (χ4v) is 11.3. The second kappa shape index (κ2) is 16.2. The predicted molar refractivity (Wildman–Crippen MR) is 242 cm³/mol. The molecule has 2 aliphatic carbocycles. The van der Waals surface area contributed by atoms with E-state index >= 15 is 0 Å². The largest absolute Gasteiger partial charge is 0.384 e. The predicted octanol–water partition coefficient (Wildman–Crippen LogP) is 5.88. The Morgan fingerprint density at radius 2 is 1.64 bits per heavy atom. The number of nitrogens with zero attached hydrogens (tertiary/aromatic N) is 8. The molecule has 7 heterocycles. The molecule has 5 aliphatic rings. The molecule has 2 fully saturated rings. The number of carbonyl (C=O) groups is 2. The highest BCUT2D eigenvalue weighted by Crippen LogP contribution is 2.39. The van der Waals surface area contributed by atoms with Gasteiger partial charge in [0.1, 0.15) is 16.7 Å². The third-order valence-electron chi connectivity index (χ3n) is 15.0. The molecule has 2 aromatic carbocycles. The monoisotopic (exact) mass is 862 g/mol. The van der Waals surface area contributed by atoms with Crippen LogP contribution in [0.25, 0.3) is 27.8 Å². The first-order valence-electron chi connectivity index (χ1n) is 23.1. The molecular formula is C49H54N10O5. The van der Waals surface area contributed by atoms with E-state index < -0.39 is 11.5 Å². The Morgan fingerprint density at radius 3 is 2.45 bits per heavy atom. The van der Waals surface area contributed by atoms with E-state index in [1.165, 1.54) is 47.9 Å². The highest BCUT2D eigenvalue weighted by molar-refractivity contribution is 6.02. The van der Waals surface area contributed by atoms with Crippen molar-refractivity contribution in [2.45, 2.75) is 121 Å². The summed E-state index contributed by atoms with van der Waals surface area (Å²) in [6, 6.07) is 15.8. The third kappa shape index (κ3) is 7.04. The lowest BCUT2D eigenvalue weighted by Gasteiger charge is -2.42. The van der Waals surface area contributed by atoms with Gasteiger partial charge in [-0.25, -0.2) is 19.3 Å². The molecule has 3 aliphatic heterocycles. The number of nitrogens with one attached hydrogen (secondary N) is 2. The van der Waals surface area contributed by atoms with Gasteiger partial charge in [0, 0.05) is 67.5 Å². The molecule has 64 heavy (non-hydrogen) atoms. The number of aliphatic hydroxyl groups is 1. The van der Waals surface area contributed by atoms with Gasteiger partial charge < -0.3 is 14.9 Å². The van der Waals surface area contributed by atoms with Crippen molar-refractivity contribution < 1.29 is 19.2 Å². The first kappa shape index (κ1) is 40.7. The minimum Gasteiger partial charge on any atom is -0.384 e. The van der Waals surface area contributed by atoms with E-state index in [1.807, 2.05) is 19.1 Å². The summed E-state index contributed by atoms with van der Waals surface area (Å²) in [6.45, 7) is 10.1. The van der Waals surface area contributed by atoms with Crippen LogP contribution < -0.4 is 16.2 Å². The molecule has 6 aromatic rings. The average Bonchev–Trinajstić information content (AvgIpc) is 3.91. The molecular weight excluding hydrogens is 809 g/mol. The molecule has 1 saturated carbocycles. The van der Waals surface area contributed by atoms with E-state index in [0.717, 1.165) is 74.1 Å². The van der Waals surface area contributed by atoms with Crippen LogP contribution in [0.15, 0.2) is 70.6 Å². The summed E-state index contributed by atoms with van der Waals surface area (Å²) in [5.74, 6) is -0.0727. The quantitative estimate of drug-likeness (QED) is 0.116. The Bertz CT molecular complexity index is 2910. The molecule has 11 rings (SSSR count). The van der Waals surface area contributed by atoms with Crippen molar-refractivity contribution in [1.82, 2.24) is 44.6 Å². The van der Waals surface area contributed by atoms with Crippen molar-refractivity contribution in [3.8, 4) is 5.82 Å². The van der Waals surface area contributed by atoms with Gasteiger partial charge in [-0.15, -0.1) is 6.58 Å². The van der Waals surface area contributed by atoms with Crippen molar-refractivity contribution in [3.05, 3.63) is 111 Å². The summed E-state index contributed by atoms with van der Waals surface area (Å²) < 4.78 is 9.23. The number of anilines is 2. The van der Waals surface area contributed by atoms with Crippen LogP contribution in [0.1, 0.15) is 103 Å². The number of rotatable bonds is 9. The molecule has 330 valence electrons. The number of hydrogen-bond acceptors (Lipinski definition) is 12. The molecule has 0 radical (unpaired) electrons. The number of pyridine rings is 1. The Hall–Kier alpha value is -6.03. The average molecular weight is 863 g/mol. The summed E-state index contributed by atoms with van der Waals surface area (Å²) in [7, 11) is 0. The first-order chi connectivity index (χ1) is 31.2. The molecule has 3 N–H and O–H groups in total. The van der Waals surface area contributed by atoms with Crippen molar-refractivity contribution in [2.24, 2.45) is 0 Å². The SMILES string of the molecule is C=CCn1c(=O)c2cnc(Nc3ccc4c(c3)CCN(C3CCC(N5CCc6ccc7c(C8CCC(=O)NC8=O)noc7c6CC5)CC3)C4)nc2n1-c1ccc2c(n1)[C@@](O)(CC)CC2. The molecule has 2 atom stereocenters. The number of aryl methyl sites for hydroxylation is 1. The zero-order valence-electron chi connectivity index (χ0n) is 36.3. The molecule has 15 heteroatoms. The van der Waals surface area contributed by atoms with E-state index in [4.69, 9.17) is 14.5 Å². The number of amides is 2. The Balaban J connectivity index is 0.736. The van der Waals surface area contributed by atoms with Crippen LogP contribution >= 0.6 is 0 Å². The number of aromatic nitrogens is 6. The summed E-state index contributed by atoms with van der Waals surface area (Å²) in [6.07, 6.45) is 13.5. The number of hydrogen-bond donors (Lipinski definition) is 3. The van der Waals surface area contributed by atoms with Crippen LogP contribution in [0.3, 0.4) is 0 Å². The van der Waals surface area contributed by atoms with Gasteiger partial charge in [-0.2, -0.15) is 4.98 Å². The lowest BCUT2D eigenvalue weighted by Crippen LogP contribution is -2.46. The van der Waals surface area contributed by atoms with Crippen LogP contribution in [0.2, 0.25) is 0 Å². The number of imide groups is 1. The van der Waals surface area contributed by atoms with Crippen molar-refractivity contribution in [1.29, 1.82) is 0 Å². The fourth-order valence-electron chi connectivity index (χ4n) is 11.3. The molecule has 2 amide bonds. The van der Waals surface area contributed by atoms with Gasteiger partial charge in [0.25, 0.3) is 5.56 Å². The van der Waals surface area contributed by atoms with Gasteiger partial charge in [-0.3, -0.25) is 29.5 Å². The maximum atomic E-state index is 13.6. The lowest BCUT2D eigenvalue weighted by molar-refractivity contribution is -0.134. The molecule has 0 spiro atoms. The normalized spacial score (nSPS) is 24.0. The fraction of sp³-hybridized carbons (Fsp3) is 0.449. The van der Waals surface area contributed by atoms with Crippen molar-refractivity contribution in [3.63, 3.8) is 0 Å². The van der Waals surface area contributed by atoms with Gasteiger partial charge in [-0.05, 0) is 117 Å². The molecule has 4 aromatic heterocycles. The van der Waals surface area contributed by atoms with Gasteiger partial charge in [0.05, 0.1) is 18.2 Å². The topological polar surface area (TPSA) is 177 Å². The zero-order valence-corrected chi connectivity index (χ0v) is 36.3. The third-order valence-corrected chi connectivity index (χ3v) is 15.0. The minimum atomic E-state index is -0.991. The summed E-state index contributed by atoms with van der Waals surface area (Å²) in [5, 5.41) is 22.9. The van der Waals surface area contributed by atoms with Gasteiger partial charge in [0.15, 0.2) is 17.0 Å². The van der Waals surface area contributed by atoms with E-state index in [9.17, 15) is 19.5 Å². The second-order valence-corrected chi connectivity index (χ2v) is 18.5. The Kier molecular flexibility index (Phi) is 10.3. The van der Waals surface area contributed by atoms with Crippen LogP contribution in [0, 0.1) is 0 Å². The van der Waals surface area contributed by atoms with Crippen LogP contribution in [0.5, 0.6) is 0 Å². The summed E-state index contributed by atoms with van der Waals surface area (Å²) >= 11 is 0. The van der Waals surface area contributed by atoms with E-state index in [1.54, 1.807) is 21.6 Å². The number of allylic oxidation sites excluding steroid dienone is 1. The number of fused-ring (bicyclic) bond motifs is 6. The Morgan fingerprint density at radius 1 is 0.875 bits per heavy atom. The van der Waals surface area contributed by atoms with E-state index in [2.05, 4.69) is 67.5 Å². The van der Waals surface area contributed by atoms with Crippen molar-refractivity contribution >= 4 is 45.5 Å². The van der Waals surface area contributed by atoms with Gasteiger partial charge in [-0.1, -0.05) is 36.4 Å². The summed E-state index contributed by atoms with van der Waals surface area (Å²) in [5.41, 5.74) is 8.43. The van der Waals surface area contributed by atoms with Crippen molar-refractivity contribution in [2.75, 3.05) is 25.0 Å². The number of carbonyl (C=O) groups excluding carboxylic acids is 2. The van der Waals surface area contributed by atoms with Gasteiger partial charge in [0.2, 0.25) is 17.8 Å². The Labute approximate surface area is 370 Å². The van der Waals surface area contributed by atoms with Crippen LogP contribution in [-0.2, 0) is 54.0 Å². The maximum Gasteiger partial charge on any atom is 0.278 e. The summed E-state index contributed by atoms with van der Waals surface area (Å²) in [4.78, 5) is 57.8. The molecule has 1 saturated heterocycles. The van der Waals surface area contributed by atoms with E-state index in [0.29, 0.717) is 72.0 Å².